The molecule has 2 nitrogen and oxygen atoms in total. The molecule has 1 aliphatic carbocycles. The fraction of sp³-hybridized carbons (Fsp3) is 0.111. The Kier molecular flexibility index (Phi) is 2.63. The summed E-state index contributed by atoms with van der Waals surface area (Å²) in [5.41, 5.74) is -0.402. The van der Waals surface area contributed by atoms with Crippen LogP contribution in [-0.4, -0.2) is 15.5 Å². The molecule has 1 unspecified atom stereocenters. The van der Waals surface area contributed by atoms with Gasteiger partial charge >= 0.3 is 89.2 Å². The van der Waals surface area contributed by atoms with Gasteiger partial charge in [-0.1, -0.05) is 0 Å². The summed E-state index contributed by atoms with van der Waals surface area (Å²) in [6.07, 6.45) is -1.37. The van der Waals surface area contributed by atoms with Crippen LogP contribution in [0, 0.1) is 5.82 Å². The molecule has 0 saturated heterocycles. The topological polar surface area (TPSA) is 26.3 Å². The Labute approximate surface area is 89.6 Å². The first-order valence-electron chi connectivity index (χ1n) is 4.10. The van der Waals surface area contributed by atoms with Crippen LogP contribution in [0.4, 0.5) is 13.2 Å². The zero-order valence-electron chi connectivity index (χ0n) is 7.34. The molecule has 0 aromatic heterocycles. The average Bonchev–Trinajstić information content (AvgIpc) is 2.45. The molecule has 0 N–H and O–H groups in total. The van der Waals surface area contributed by atoms with E-state index in [4.69, 9.17) is 0 Å². The van der Waals surface area contributed by atoms with Gasteiger partial charge < -0.3 is 0 Å². The van der Waals surface area contributed by atoms with E-state index in [9.17, 15) is 17.0 Å². The van der Waals surface area contributed by atoms with Crippen molar-refractivity contribution in [1.29, 1.82) is 0 Å². The summed E-state index contributed by atoms with van der Waals surface area (Å²) in [4.78, 5) is 0. The van der Waals surface area contributed by atoms with E-state index in [1.165, 1.54) is 12.1 Å². The summed E-state index contributed by atoms with van der Waals surface area (Å²) < 4.78 is 54.5. The van der Waals surface area contributed by atoms with Crippen LogP contribution in [0.25, 0.3) is 5.83 Å². The maximum absolute atomic E-state index is 13.2. The van der Waals surface area contributed by atoms with E-state index in [-0.39, 0.29) is 5.56 Å². The molecule has 0 amide bonds. The molecule has 0 spiro atoms. The van der Waals surface area contributed by atoms with Gasteiger partial charge in [0.25, 0.3) is 0 Å². The second kappa shape index (κ2) is 3.80. The number of rotatable bonds is 2. The first-order valence-corrected chi connectivity index (χ1v) is 5.04. The van der Waals surface area contributed by atoms with Crippen molar-refractivity contribution in [2.45, 2.75) is 6.10 Å². The number of halogens is 3. The van der Waals surface area contributed by atoms with Gasteiger partial charge in [-0.05, 0) is 0 Å². The molecule has 0 fully saturated rings. The zero-order chi connectivity index (χ0) is 11.0. The number of fused-ring (bicyclic) bond motifs is 1. The van der Waals surface area contributed by atoms with E-state index in [2.05, 4.69) is 3.79 Å². The predicted octanol–water partition coefficient (Wildman–Crippen LogP) is 2.47. The van der Waals surface area contributed by atoms with E-state index in [0.717, 1.165) is 6.07 Å². The van der Waals surface area contributed by atoms with Gasteiger partial charge in [0.05, 0.1) is 0 Å². The molecule has 6 heteroatoms. The van der Waals surface area contributed by atoms with Crippen molar-refractivity contribution < 1.29 is 20.8 Å². The fourth-order valence-corrected chi connectivity index (χ4v) is 1.93. The fourth-order valence-electron chi connectivity index (χ4n) is 1.55. The number of benzene rings is 1. The first kappa shape index (κ1) is 10.4. The molecule has 0 heterocycles. The summed E-state index contributed by atoms with van der Waals surface area (Å²) in [6.45, 7) is 0. The van der Waals surface area contributed by atoms with Crippen molar-refractivity contribution in [1.82, 2.24) is 0 Å². The predicted molar refractivity (Wildman–Crippen MR) is 45.8 cm³/mol. The number of hydrogen-bond donors (Lipinski definition) is 0. The Morgan fingerprint density at radius 2 is 2.00 bits per heavy atom. The molecule has 1 aromatic carbocycles. The summed E-state index contributed by atoms with van der Waals surface area (Å²) in [7, 11) is 0. The summed E-state index contributed by atoms with van der Waals surface area (Å²) in [5, 5.41) is 0. The monoisotopic (exact) mass is 228 g/mol. The first-order chi connectivity index (χ1) is 7.16. The van der Waals surface area contributed by atoms with Crippen LogP contribution in [-0.2, 0) is 7.59 Å². The molecular formula is C9H4AlF3O2. The molecule has 0 bridgehead atoms. The summed E-state index contributed by atoms with van der Waals surface area (Å²) in [5.74, 6) is -3.36. The van der Waals surface area contributed by atoms with Crippen LogP contribution in [0.15, 0.2) is 24.0 Å². The van der Waals surface area contributed by atoms with Crippen molar-refractivity contribution in [2.24, 2.45) is 0 Å². The van der Waals surface area contributed by atoms with Crippen LogP contribution >= 0.6 is 0 Å². The Hall–Kier alpha value is -1.12. The minimum atomic E-state index is -1.69. The molecule has 1 aromatic rings. The Balaban J connectivity index is 2.60. The molecule has 15 heavy (non-hydrogen) atoms. The quantitative estimate of drug-likeness (QED) is 0.727. The average molecular weight is 228 g/mol. The third kappa shape index (κ3) is 1.50. The maximum atomic E-state index is 13.2. The van der Waals surface area contributed by atoms with Crippen LogP contribution in [0.2, 0.25) is 0 Å². The van der Waals surface area contributed by atoms with Crippen molar-refractivity contribution in [3.05, 3.63) is 41.0 Å². The van der Waals surface area contributed by atoms with Crippen LogP contribution in [0.5, 0.6) is 0 Å². The van der Waals surface area contributed by atoms with E-state index in [1.54, 1.807) is 0 Å². The summed E-state index contributed by atoms with van der Waals surface area (Å²) in [6, 6.07) is 3.68. The molecule has 0 radical (unpaired) electrons. The minimum absolute atomic E-state index is 0.0355. The Morgan fingerprint density at radius 1 is 1.27 bits per heavy atom. The zero-order valence-corrected chi connectivity index (χ0v) is 8.49. The molecule has 76 valence electrons. The van der Waals surface area contributed by atoms with Crippen LogP contribution in [0.1, 0.15) is 17.2 Å². The van der Waals surface area contributed by atoms with Gasteiger partial charge in [0.1, 0.15) is 0 Å². The third-order valence-electron chi connectivity index (χ3n) is 2.18. The molecule has 2 rings (SSSR count). The second-order valence-electron chi connectivity index (χ2n) is 2.98. The third-order valence-corrected chi connectivity index (χ3v) is 2.56. The van der Waals surface area contributed by atoms with Gasteiger partial charge in [-0.2, -0.15) is 0 Å². The SMILES string of the molecule is [O]=[Al][O]C1C(F)=C(F)c2c(F)cccc21. The molecule has 1 aliphatic rings. The van der Waals surface area contributed by atoms with Crippen LogP contribution in [0.3, 0.4) is 0 Å². The van der Waals surface area contributed by atoms with Gasteiger partial charge in [0.2, 0.25) is 0 Å². The van der Waals surface area contributed by atoms with Crippen molar-refractivity contribution >= 4 is 21.3 Å². The molecule has 0 aliphatic heterocycles. The van der Waals surface area contributed by atoms with Crippen LogP contribution < -0.4 is 0 Å². The van der Waals surface area contributed by atoms with Gasteiger partial charge in [-0.3, -0.25) is 0 Å². The van der Waals surface area contributed by atoms with Gasteiger partial charge in [0.15, 0.2) is 0 Å². The molecule has 1 atom stereocenters. The Bertz CT molecular complexity index is 459. The van der Waals surface area contributed by atoms with Crippen molar-refractivity contribution in [3.8, 4) is 0 Å². The van der Waals surface area contributed by atoms with Gasteiger partial charge in [0, 0.05) is 0 Å². The molecule has 0 saturated carbocycles. The van der Waals surface area contributed by atoms with E-state index >= 15 is 0 Å². The molecular weight excluding hydrogens is 224 g/mol. The second-order valence-corrected chi connectivity index (χ2v) is 3.44. The summed E-state index contributed by atoms with van der Waals surface area (Å²) >= 11 is -1.69. The van der Waals surface area contributed by atoms with E-state index in [0.29, 0.717) is 0 Å². The van der Waals surface area contributed by atoms with E-state index in [1.807, 2.05) is 0 Å². The van der Waals surface area contributed by atoms with E-state index < -0.39 is 44.6 Å². The van der Waals surface area contributed by atoms with Crippen molar-refractivity contribution in [2.75, 3.05) is 0 Å². The Morgan fingerprint density at radius 3 is 2.67 bits per heavy atom. The van der Waals surface area contributed by atoms with Gasteiger partial charge in [-0.25, -0.2) is 0 Å². The standard InChI is InChI=1S/C9H4F3O.Al.O/c10-5-3-1-2-4-6(5)7(11)8(12)9(4)13;;/h1-3,9H;;/q-1;+1;. The normalized spacial score (nSPS) is 18.7. The number of hydrogen-bond acceptors (Lipinski definition) is 2. The van der Waals surface area contributed by atoms with Crippen molar-refractivity contribution in [3.63, 3.8) is 0 Å². The van der Waals surface area contributed by atoms with Gasteiger partial charge in [-0.15, -0.1) is 0 Å².